The molecule has 14 nitrogen and oxygen atoms in total. The van der Waals surface area contributed by atoms with Crippen molar-refractivity contribution in [1.82, 2.24) is 31.9 Å². The maximum atomic E-state index is 11.2. The maximum absolute atomic E-state index is 11.2. The topological polar surface area (TPSA) is 207 Å². The molecule has 0 spiro atoms. The van der Waals surface area contributed by atoms with Crippen molar-refractivity contribution in [3.8, 4) is 0 Å². The second kappa shape index (κ2) is 17.3. The number of carbonyl (C=O) groups excluding carboxylic acids is 4. The molecule has 0 aromatic heterocycles. The van der Waals surface area contributed by atoms with Gasteiger partial charge in [0.1, 0.15) is 18.1 Å². The van der Waals surface area contributed by atoms with Gasteiger partial charge in [-0.1, -0.05) is 6.58 Å². The van der Waals surface area contributed by atoms with Gasteiger partial charge in [-0.05, 0) is 75.7 Å². The van der Waals surface area contributed by atoms with Crippen LogP contribution in [0.3, 0.4) is 0 Å². The minimum absolute atomic E-state index is 0.0340. The third-order valence-corrected chi connectivity index (χ3v) is 5.75. The Labute approximate surface area is 241 Å². The Bertz CT molecular complexity index is 1010. The molecule has 0 saturated carbocycles. The number of aliphatic hydroxyl groups excluding tert-OH is 1. The molecule has 0 aromatic rings. The summed E-state index contributed by atoms with van der Waals surface area (Å²) in [5.41, 5.74) is 0.373. The summed E-state index contributed by atoms with van der Waals surface area (Å²) in [5, 5.41) is 33.5. The standard InChI is InChI=1S/C10H14N2O3S.C6H8N2O3S.C6H10N2O2S/c1-6(2)9(14)15-5-3-4-7-8(13)12-10(16)11-7;9-4(10)2-1-3-5(11)8-6(12)7-3;9-3-1-2-4-5(10)8-6(11)7-4/h7H,1,3-5H2,2H3,(H2,11,12,13,16);3H,1-2H2,(H,9,10)(H2,7,8,11,12);4,9H,1-3H2,(H2,7,8,10,11). The van der Waals surface area contributed by atoms with Gasteiger partial charge in [0.05, 0.1) is 6.61 Å². The van der Waals surface area contributed by atoms with Crippen LogP contribution in [-0.2, 0) is 28.7 Å². The normalized spacial score (nSPS) is 21.0. The van der Waals surface area contributed by atoms with E-state index in [0.29, 0.717) is 41.5 Å². The number of carboxylic acids is 1. The zero-order valence-corrected chi connectivity index (χ0v) is 23.6. The molecular weight excluding hydrogens is 572 g/mol. The molecule has 3 aliphatic rings. The molecular formula is C22H32N6O8S3. The van der Waals surface area contributed by atoms with Crippen molar-refractivity contribution in [2.45, 2.75) is 63.6 Å². The van der Waals surface area contributed by atoms with Gasteiger partial charge in [-0.25, -0.2) is 4.79 Å². The van der Waals surface area contributed by atoms with Crippen LogP contribution in [0.1, 0.15) is 45.4 Å². The first-order valence-electron chi connectivity index (χ1n) is 11.8. The number of aliphatic carboxylic acids is 1. The SMILES string of the molecule is C=C(C)C(=O)OCCCC1NC(=S)NC1=O.O=C(O)CCC1NC(=S)NC1=O.O=C1NC(=S)NC1CCCO. The second-order valence-electron chi connectivity index (χ2n) is 8.40. The van der Waals surface area contributed by atoms with Gasteiger partial charge in [-0.15, -0.1) is 0 Å². The maximum Gasteiger partial charge on any atom is 0.333 e. The summed E-state index contributed by atoms with van der Waals surface area (Å²) in [6, 6.07) is -1.03. The number of nitrogens with one attached hydrogen (secondary N) is 6. The van der Waals surface area contributed by atoms with Crippen LogP contribution in [-0.4, -0.2) is 86.5 Å². The Balaban J connectivity index is 0.000000299. The third kappa shape index (κ3) is 13.4. The highest BCUT2D eigenvalue weighted by molar-refractivity contribution is 7.80. The summed E-state index contributed by atoms with van der Waals surface area (Å²) in [4.78, 5) is 54.3. The molecule has 3 heterocycles. The van der Waals surface area contributed by atoms with Crippen LogP contribution in [0.2, 0.25) is 0 Å². The number of ether oxygens (including phenoxy) is 1. The average molecular weight is 605 g/mol. The lowest BCUT2D eigenvalue weighted by molar-refractivity contribution is -0.139. The summed E-state index contributed by atoms with van der Waals surface area (Å²) >= 11 is 14.2. The van der Waals surface area contributed by atoms with Crippen molar-refractivity contribution >= 4 is 81.7 Å². The quantitative estimate of drug-likeness (QED) is 0.0592. The van der Waals surface area contributed by atoms with Crippen LogP contribution in [0.15, 0.2) is 12.2 Å². The molecule has 3 atom stereocenters. The molecule has 8 N–H and O–H groups in total. The fourth-order valence-corrected chi connectivity index (χ4v) is 3.85. The molecule has 3 saturated heterocycles. The molecule has 17 heteroatoms. The summed E-state index contributed by atoms with van der Waals surface area (Å²) in [6.45, 7) is 5.45. The Kier molecular flexibility index (Phi) is 15.0. The number of rotatable bonds is 11. The van der Waals surface area contributed by atoms with Crippen LogP contribution in [0, 0.1) is 0 Å². The number of carboxylic acid groups (broad SMARTS) is 1. The van der Waals surface area contributed by atoms with Crippen LogP contribution in [0.4, 0.5) is 0 Å². The van der Waals surface area contributed by atoms with Crippen LogP contribution >= 0.6 is 36.7 Å². The number of amides is 3. The van der Waals surface area contributed by atoms with E-state index in [1.165, 1.54) is 0 Å². The molecule has 216 valence electrons. The van der Waals surface area contributed by atoms with E-state index in [9.17, 15) is 24.0 Å². The zero-order valence-electron chi connectivity index (χ0n) is 21.2. The number of hydrogen-bond acceptors (Lipinski definition) is 10. The molecule has 3 rings (SSSR count). The number of esters is 1. The van der Waals surface area contributed by atoms with E-state index < -0.39 is 18.0 Å². The van der Waals surface area contributed by atoms with Gasteiger partial charge in [0.25, 0.3) is 0 Å². The minimum Gasteiger partial charge on any atom is -0.481 e. The first-order chi connectivity index (χ1) is 18.3. The highest BCUT2D eigenvalue weighted by Gasteiger charge is 2.28. The predicted octanol–water partition coefficient (Wildman–Crippen LogP) is -1.39. The van der Waals surface area contributed by atoms with Crippen molar-refractivity contribution in [3.63, 3.8) is 0 Å². The average Bonchev–Trinajstić information content (AvgIpc) is 3.48. The number of hydrogen-bond donors (Lipinski definition) is 8. The van der Waals surface area contributed by atoms with Crippen LogP contribution < -0.4 is 31.9 Å². The zero-order chi connectivity index (χ0) is 29.5. The lowest BCUT2D eigenvalue weighted by Crippen LogP contribution is -2.29. The van der Waals surface area contributed by atoms with E-state index in [-0.39, 0.29) is 61.0 Å². The van der Waals surface area contributed by atoms with Gasteiger partial charge in [-0.2, -0.15) is 0 Å². The molecule has 3 amide bonds. The van der Waals surface area contributed by atoms with E-state index in [2.05, 4.69) is 50.7 Å². The molecule has 3 unspecified atom stereocenters. The number of aliphatic hydroxyl groups is 1. The number of carbonyl (C=O) groups is 5. The Morgan fingerprint density at radius 2 is 1.23 bits per heavy atom. The van der Waals surface area contributed by atoms with E-state index in [4.69, 9.17) is 39.4 Å². The van der Waals surface area contributed by atoms with Gasteiger partial charge in [0.2, 0.25) is 17.7 Å². The van der Waals surface area contributed by atoms with Crippen LogP contribution in [0.25, 0.3) is 0 Å². The summed E-state index contributed by atoms with van der Waals surface area (Å²) in [5.74, 6) is -1.79. The first-order valence-corrected chi connectivity index (χ1v) is 13.1. The van der Waals surface area contributed by atoms with Crippen molar-refractivity contribution < 1.29 is 38.9 Å². The fraction of sp³-hybridized carbons (Fsp3) is 0.545. The summed E-state index contributed by atoms with van der Waals surface area (Å²) < 4.78 is 4.89. The Morgan fingerprint density at radius 1 is 0.821 bits per heavy atom. The monoisotopic (exact) mass is 604 g/mol. The lowest BCUT2D eigenvalue weighted by Gasteiger charge is -2.07. The van der Waals surface area contributed by atoms with Crippen molar-refractivity contribution in [2.75, 3.05) is 13.2 Å². The largest absolute Gasteiger partial charge is 0.481 e. The highest BCUT2D eigenvalue weighted by atomic mass is 32.1. The van der Waals surface area contributed by atoms with Gasteiger partial charge in [0.15, 0.2) is 15.3 Å². The van der Waals surface area contributed by atoms with Gasteiger partial charge >= 0.3 is 11.9 Å². The summed E-state index contributed by atoms with van der Waals surface area (Å²) in [6.07, 6.45) is 2.66. The van der Waals surface area contributed by atoms with E-state index in [0.717, 1.165) is 0 Å². The second-order valence-corrected chi connectivity index (χ2v) is 9.63. The molecule has 39 heavy (non-hydrogen) atoms. The molecule has 3 aliphatic heterocycles. The smallest absolute Gasteiger partial charge is 0.333 e. The van der Waals surface area contributed by atoms with Gasteiger partial charge in [0, 0.05) is 18.6 Å². The highest BCUT2D eigenvalue weighted by Crippen LogP contribution is 2.04. The Hall–Kier alpha value is -3.28. The first kappa shape index (κ1) is 33.7. The van der Waals surface area contributed by atoms with E-state index in [1.54, 1.807) is 6.92 Å². The fourth-order valence-electron chi connectivity index (χ4n) is 3.13. The Morgan fingerprint density at radius 3 is 1.56 bits per heavy atom. The van der Waals surface area contributed by atoms with Gasteiger partial charge < -0.3 is 46.9 Å². The molecule has 3 fully saturated rings. The molecule has 0 aromatic carbocycles. The number of thiocarbonyl (C=S) groups is 3. The predicted molar refractivity (Wildman–Crippen MR) is 151 cm³/mol. The van der Waals surface area contributed by atoms with E-state index in [1.807, 2.05) is 0 Å². The van der Waals surface area contributed by atoms with Gasteiger partial charge in [-0.3, -0.25) is 19.2 Å². The molecule has 0 radical (unpaired) electrons. The van der Waals surface area contributed by atoms with Crippen molar-refractivity contribution in [3.05, 3.63) is 12.2 Å². The molecule has 0 aliphatic carbocycles. The third-order valence-electron chi connectivity index (χ3n) is 5.09. The van der Waals surface area contributed by atoms with Crippen molar-refractivity contribution in [2.24, 2.45) is 0 Å². The van der Waals surface area contributed by atoms with E-state index >= 15 is 0 Å². The lowest BCUT2D eigenvalue weighted by atomic mass is 10.1. The minimum atomic E-state index is -0.914. The van der Waals surface area contributed by atoms with Crippen molar-refractivity contribution in [1.29, 1.82) is 0 Å². The summed E-state index contributed by atoms with van der Waals surface area (Å²) in [7, 11) is 0. The van der Waals surface area contributed by atoms with Crippen LogP contribution in [0.5, 0.6) is 0 Å². The molecule has 0 bridgehead atoms.